The van der Waals surface area contributed by atoms with Gasteiger partial charge in [-0.3, -0.25) is 14.4 Å². The summed E-state index contributed by atoms with van der Waals surface area (Å²) in [5.41, 5.74) is 6.53. The molecule has 0 aromatic carbocycles. The third kappa shape index (κ3) is 7.95. The summed E-state index contributed by atoms with van der Waals surface area (Å²) < 4.78 is 0. The van der Waals surface area contributed by atoms with E-state index in [9.17, 15) is 24.3 Å². The van der Waals surface area contributed by atoms with Crippen LogP contribution in [0.3, 0.4) is 0 Å². The standard InChI is InChI=1S/C21H36N6O5/c1-6-11(3)16(22)19(29)27-17(12(4)7-2)20(30)25-13(5)18(28)26-15(21(31)32)8-14-9-23-10-24-14/h9-13,15-17H,6-8,22H2,1-5H3,(H,23,24)(H,25,30)(H,26,28)(H,27,29)(H,31,32). The van der Waals surface area contributed by atoms with Crippen molar-refractivity contribution in [1.29, 1.82) is 0 Å². The Kier molecular flexibility index (Phi) is 10.8. The van der Waals surface area contributed by atoms with Crippen molar-refractivity contribution in [1.82, 2.24) is 25.9 Å². The second-order valence-electron chi connectivity index (χ2n) is 8.19. The van der Waals surface area contributed by atoms with Crippen LogP contribution in [0.4, 0.5) is 0 Å². The largest absolute Gasteiger partial charge is 0.480 e. The minimum Gasteiger partial charge on any atom is -0.480 e. The fourth-order valence-corrected chi connectivity index (χ4v) is 2.95. The van der Waals surface area contributed by atoms with Gasteiger partial charge in [-0.2, -0.15) is 0 Å². The molecule has 7 N–H and O–H groups in total. The van der Waals surface area contributed by atoms with E-state index in [1.165, 1.54) is 19.4 Å². The fourth-order valence-electron chi connectivity index (χ4n) is 2.95. The molecule has 1 heterocycles. The first-order chi connectivity index (χ1) is 15.0. The highest BCUT2D eigenvalue weighted by Crippen LogP contribution is 2.11. The van der Waals surface area contributed by atoms with Crippen molar-refractivity contribution >= 4 is 23.7 Å². The Morgan fingerprint density at radius 3 is 2.12 bits per heavy atom. The van der Waals surface area contributed by atoms with Crippen LogP contribution >= 0.6 is 0 Å². The maximum Gasteiger partial charge on any atom is 0.326 e. The van der Waals surface area contributed by atoms with E-state index in [2.05, 4.69) is 25.9 Å². The number of carbonyl (C=O) groups is 4. The normalized spacial score (nSPS) is 16.7. The van der Waals surface area contributed by atoms with Gasteiger partial charge < -0.3 is 31.8 Å². The molecule has 6 atom stereocenters. The number of aromatic nitrogens is 2. The zero-order valence-corrected chi connectivity index (χ0v) is 19.3. The molecule has 3 amide bonds. The highest BCUT2D eigenvalue weighted by molar-refractivity contribution is 5.94. The summed E-state index contributed by atoms with van der Waals surface area (Å²) in [5.74, 6) is -3.09. The van der Waals surface area contributed by atoms with Crippen LogP contribution in [0.15, 0.2) is 12.5 Å². The Morgan fingerprint density at radius 2 is 1.62 bits per heavy atom. The Labute approximate surface area is 188 Å². The van der Waals surface area contributed by atoms with Crippen molar-refractivity contribution in [2.24, 2.45) is 17.6 Å². The predicted molar refractivity (Wildman–Crippen MR) is 118 cm³/mol. The number of rotatable bonds is 13. The van der Waals surface area contributed by atoms with Gasteiger partial charge >= 0.3 is 5.97 Å². The van der Waals surface area contributed by atoms with Crippen LogP contribution in [0.2, 0.25) is 0 Å². The number of hydrogen-bond donors (Lipinski definition) is 6. The maximum absolute atomic E-state index is 12.9. The average Bonchev–Trinajstić information content (AvgIpc) is 3.27. The van der Waals surface area contributed by atoms with Crippen LogP contribution in [0.5, 0.6) is 0 Å². The van der Waals surface area contributed by atoms with Gasteiger partial charge in [0.25, 0.3) is 0 Å². The van der Waals surface area contributed by atoms with Crippen LogP contribution in [0.25, 0.3) is 0 Å². The number of carbonyl (C=O) groups excluding carboxylic acids is 3. The molecule has 32 heavy (non-hydrogen) atoms. The number of nitrogens with zero attached hydrogens (tertiary/aromatic N) is 1. The van der Waals surface area contributed by atoms with Crippen molar-refractivity contribution < 1.29 is 24.3 Å². The monoisotopic (exact) mass is 452 g/mol. The summed E-state index contributed by atoms with van der Waals surface area (Å²) in [5, 5.41) is 17.1. The van der Waals surface area contributed by atoms with E-state index in [0.29, 0.717) is 12.1 Å². The molecule has 0 aliphatic rings. The zero-order chi connectivity index (χ0) is 24.4. The predicted octanol–water partition coefficient (Wildman–Crippen LogP) is -0.0694. The lowest BCUT2D eigenvalue weighted by Gasteiger charge is -2.28. The summed E-state index contributed by atoms with van der Waals surface area (Å²) in [6, 6.07) is -3.84. The van der Waals surface area contributed by atoms with Crippen molar-refractivity contribution in [3.05, 3.63) is 18.2 Å². The number of imidazole rings is 1. The van der Waals surface area contributed by atoms with Crippen LogP contribution in [-0.2, 0) is 25.6 Å². The third-order valence-electron chi connectivity index (χ3n) is 5.70. The van der Waals surface area contributed by atoms with Crippen LogP contribution in [0.1, 0.15) is 53.2 Å². The molecule has 0 fully saturated rings. The van der Waals surface area contributed by atoms with E-state index in [-0.39, 0.29) is 18.3 Å². The highest BCUT2D eigenvalue weighted by atomic mass is 16.4. The molecule has 11 heteroatoms. The first kappa shape index (κ1) is 27.1. The molecule has 180 valence electrons. The molecular formula is C21H36N6O5. The molecule has 0 saturated carbocycles. The molecular weight excluding hydrogens is 416 g/mol. The van der Waals surface area contributed by atoms with E-state index in [1.807, 2.05) is 27.7 Å². The van der Waals surface area contributed by atoms with Crippen molar-refractivity contribution in [3.8, 4) is 0 Å². The maximum atomic E-state index is 12.9. The molecule has 0 aliphatic heterocycles. The number of carboxylic acid groups (broad SMARTS) is 1. The summed E-state index contributed by atoms with van der Waals surface area (Å²) in [6.45, 7) is 8.93. The van der Waals surface area contributed by atoms with E-state index >= 15 is 0 Å². The topological polar surface area (TPSA) is 179 Å². The van der Waals surface area contributed by atoms with Gasteiger partial charge in [0.05, 0.1) is 12.4 Å². The fraction of sp³-hybridized carbons (Fsp3) is 0.667. The van der Waals surface area contributed by atoms with Gasteiger partial charge in [-0.15, -0.1) is 0 Å². The Morgan fingerprint density at radius 1 is 1.00 bits per heavy atom. The quantitative estimate of drug-likeness (QED) is 0.242. The minimum absolute atomic E-state index is 0.0147. The average molecular weight is 453 g/mol. The number of aliphatic carboxylic acids is 1. The number of H-pyrrole nitrogens is 1. The first-order valence-corrected chi connectivity index (χ1v) is 10.9. The summed E-state index contributed by atoms with van der Waals surface area (Å²) in [6.07, 6.45) is 4.23. The van der Waals surface area contributed by atoms with E-state index in [1.54, 1.807) is 0 Å². The van der Waals surface area contributed by atoms with Crippen molar-refractivity contribution in [3.63, 3.8) is 0 Å². The van der Waals surface area contributed by atoms with Crippen molar-refractivity contribution in [2.45, 2.75) is 78.0 Å². The Bertz CT molecular complexity index is 769. The lowest BCUT2D eigenvalue weighted by molar-refractivity contribution is -0.142. The molecule has 6 unspecified atom stereocenters. The number of nitrogens with one attached hydrogen (secondary N) is 4. The van der Waals surface area contributed by atoms with Gasteiger partial charge in [0.15, 0.2) is 0 Å². The van der Waals surface area contributed by atoms with Crippen LogP contribution < -0.4 is 21.7 Å². The number of hydrogen-bond acceptors (Lipinski definition) is 6. The lowest BCUT2D eigenvalue weighted by Crippen LogP contribution is -2.58. The van der Waals surface area contributed by atoms with E-state index in [4.69, 9.17) is 5.73 Å². The van der Waals surface area contributed by atoms with Gasteiger partial charge in [-0.1, -0.05) is 40.5 Å². The van der Waals surface area contributed by atoms with Gasteiger partial charge in [0, 0.05) is 18.3 Å². The molecule has 0 radical (unpaired) electrons. The number of nitrogens with two attached hydrogens (primary N) is 1. The zero-order valence-electron chi connectivity index (χ0n) is 19.3. The summed E-state index contributed by atoms with van der Waals surface area (Å²) in [4.78, 5) is 56.0. The first-order valence-electron chi connectivity index (χ1n) is 10.9. The molecule has 0 spiro atoms. The van der Waals surface area contributed by atoms with Crippen LogP contribution in [-0.4, -0.2) is 62.9 Å². The Balaban J connectivity index is 2.79. The summed E-state index contributed by atoms with van der Waals surface area (Å²) in [7, 11) is 0. The van der Waals surface area contributed by atoms with Gasteiger partial charge in [0.2, 0.25) is 17.7 Å². The second kappa shape index (κ2) is 12.8. The number of amides is 3. The second-order valence-corrected chi connectivity index (χ2v) is 8.19. The molecule has 1 aromatic heterocycles. The van der Waals surface area contributed by atoms with E-state index < -0.39 is 47.9 Å². The minimum atomic E-state index is -1.21. The molecule has 11 nitrogen and oxygen atoms in total. The molecule has 0 bridgehead atoms. The lowest BCUT2D eigenvalue weighted by atomic mass is 9.95. The van der Waals surface area contributed by atoms with Crippen molar-refractivity contribution in [2.75, 3.05) is 0 Å². The molecule has 1 rings (SSSR count). The third-order valence-corrected chi connectivity index (χ3v) is 5.70. The highest BCUT2D eigenvalue weighted by Gasteiger charge is 2.31. The smallest absolute Gasteiger partial charge is 0.326 e. The van der Waals surface area contributed by atoms with E-state index in [0.717, 1.165) is 6.42 Å². The van der Waals surface area contributed by atoms with Crippen LogP contribution in [0, 0.1) is 11.8 Å². The SMILES string of the molecule is CCC(C)C(N)C(=O)NC(C(=O)NC(C)C(=O)NC(Cc1cnc[nH]1)C(=O)O)C(C)CC. The Hall–Kier alpha value is -2.95. The number of carboxylic acids is 1. The number of aromatic amines is 1. The van der Waals surface area contributed by atoms with Gasteiger partial charge in [-0.25, -0.2) is 9.78 Å². The van der Waals surface area contributed by atoms with Gasteiger partial charge in [0.1, 0.15) is 18.1 Å². The van der Waals surface area contributed by atoms with Gasteiger partial charge in [-0.05, 0) is 18.8 Å². The molecule has 0 aliphatic carbocycles. The molecule has 0 saturated heterocycles. The molecule has 1 aromatic rings. The summed E-state index contributed by atoms with van der Waals surface area (Å²) >= 11 is 0.